The number of rotatable bonds is 4. The number of aliphatic hydroxyl groups excluding tert-OH is 1. The first-order valence-corrected chi connectivity index (χ1v) is 10.3. The van der Waals surface area contributed by atoms with E-state index in [1.807, 2.05) is 13.0 Å². The molecule has 3 rings (SSSR count). The summed E-state index contributed by atoms with van der Waals surface area (Å²) in [6.45, 7) is 10.7. The van der Waals surface area contributed by atoms with Gasteiger partial charge in [-0.1, -0.05) is 46.3 Å². The first-order chi connectivity index (χ1) is 12.2. The zero-order valence-electron chi connectivity index (χ0n) is 16.9. The van der Waals surface area contributed by atoms with E-state index < -0.39 is 6.10 Å². The summed E-state index contributed by atoms with van der Waals surface area (Å²) in [6, 6.07) is 0. The molecule has 0 spiro atoms. The number of aliphatic hydroxyl groups is 1. The average Bonchev–Trinajstić information content (AvgIpc) is 2.84. The van der Waals surface area contributed by atoms with Crippen molar-refractivity contribution in [3.8, 4) is 0 Å². The number of allylic oxidation sites excluding steroid dienone is 4. The fourth-order valence-corrected chi connectivity index (χ4v) is 6.61. The van der Waals surface area contributed by atoms with E-state index in [2.05, 4.69) is 27.7 Å². The maximum Gasteiger partial charge on any atom is 0.178 e. The Kier molecular flexibility index (Phi) is 5.07. The predicted octanol–water partition coefficient (Wildman–Crippen LogP) is 4.50. The molecular weight excluding hydrogens is 324 g/mol. The van der Waals surface area contributed by atoms with Crippen molar-refractivity contribution in [1.82, 2.24) is 0 Å². The summed E-state index contributed by atoms with van der Waals surface area (Å²) in [7, 11) is 0. The molecule has 0 amide bonds. The van der Waals surface area contributed by atoms with Gasteiger partial charge in [0.15, 0.2) is 5.78 Å². The molecule has 144 valence electrons. The predicted molar refractivity (Wildman–Crippen MR) is 104 cm³/mol. The van der Waals surface area contributed by atoms with Gasteiger partial charge in [0.2, 0.25) is 0 Å². The fourth-order valence-electron chi connectivity index (χ4n) is 6.61. The highest BCUT2D eigenvalue weighted by molar-refractivity contribution is 6.01. The van der Waals surface area contributed by atoms with Crippen LogP contribution in [0.15, 0.2) is 23.8 Å². The monoisotopic (exact) mass is 358 g/mol. The van der Waals surface area contributed by atoms with Crippen LogP contribution in [0.1, 0.15) is 66.7 Å². The third-order valence-corrected chi connectivity index (χ3v) is 7.97. The number of hydrogen-bond donors (Lipinski definition) is 1. The van der Waals surface area contributed by atoms with E-state index in [0.29, 0.717) is 30.5 Å². The van der Waals surface area contributed by atoms with Crippen molar-refractivity contribution < 1.29 is 14.7 Å². The standard InChI is InChI=1S/C23H34O3/c1-6-15-11-17(24)8-9-22(15,4)18-12-16-10-14(3)21(19(25)7-2)23(16,5)13-20(18)26/h8-9,11,14,16,18,20-21,26H,6-7,10,12-13H2,1-5H3. The van der Waals surface area contributed by atoms with Crippen molar-refractivity contribution in [2.24, 2.45) is 34.5 Å². The van der Waals surface area contributed by atoms with E-state index in [-0.39, 0.29) is 28.4 Å². The van der Waals surface area contributed by atoms with Crippen molar-refractivity contribution in [2.45, 2.75) is 72.8 Å². The number of carbonyl (C=O) groups is 2. The molecule has 3 aliphatic carbocycles. The number of Topliss-reactive ketones (excluding diaryl/α,β-unsaturated/α-hetero) is 1. The quantitative estimate of drug-likeness (QED) is 0.805. The summed E-state index contributed by atoms with van der Waals surface area (Å²) in [5, 5.41) is 11.2. The minimum Gasteiger partial charge on any atom is -0.393 e. The van der Waals surface area contributed by atoms with Crippen LogP contribution in [0.5, 0.6) is 0 Å². The van der Waals surface area contributed by atoms with Crippen LogP contribution in [0.3, 0.4) is 0 Å². The summed E-state index contributed by atoms with van der Waals surface area (Å²) in [6.07, 6.45) is 9.12. The molecule has 3 nitrogen and oxygen atoms in total. The van der Waals surface area contributed by atoms with Gasteiger partial charge in [-0.3, -0.25) is 9.59 Å². The summed E-state index contributed by atoms with van der Waals surface area (Å²) in [5.41, 5.74) is 0.771. The molecule has 0 aromatic carbocycles. The van der Waals surface area contributed by atoms with Crippen LogP contribution in [-0.4, -0.2) is 22.8 Å². The van der Waals surface area contributed by atoms with Gasteiger partial charge >= 0.3 is 0 Å². The summed E-state index contributed by atoms with van der Waals surface area (Å²) in [5.74, 6) is 1.45. The molecule has 2 saturated carbocycles. The molecule has 0 aliphatic heterocycles. The molecule has 0 aromatic heterocycles. The van der Waals surface area contributed by atoms with Crippen LogP contribution in [0.25, 0.3) is 0 Å². The Morgan fingerprint density at radius 1 is 1.27 bits per heavy atom. The fraction of sp³-hybridized carbons (Fsp3) is 0.739. The lowest BCUT2D eigenvalue weighted by Gasteiger charge is -2.51. The van der Waals surface area contributed by atoms with Gasteiger partial charge in [-0.05, 0) is 61.0 Å². The maximum absolute atomic E-state index is 12.6. The second-order valence-corrected chi connectivity index (χ2v) is 9.37. The minimum absolute atomic E-state index is 0.0533. The molecule has 0 heterocycles. The van der Waals surface area contributed by atoms with Gasteiger partial charge in [-0.25, -0.2) is 0 Å². The smallest absolute Gasteiger partial charge is 0.178 e. The molecule has 26 heavy (non-hydrogen) atoms. The van der Waals surface area contributed by atoms with Crippen molar-refractivity contribution >= 4 is 11.6 Å². The van der Waals surface area contributed by atoms with Crippen molar-refractivity contribution in [3.63, 3.8) is 0 Å². The van der Waals surface area contributed by atoms with Crippen LogP contribution >= 0.6 is 0 Å². The van der Waals surface area contributed by atoms with E-state index in [1.54, 1.807) is 12.2 Å². The van der Waals surface area contributed by atoms with Gasteiger partial charge in [0.05, 0.1) is 6.10 Å². The van der Waals surface area contributed by atoms with Crippen molar-refractivity contribution in [2.75, 3.05) is 0 Å². The second-order valence-electron chi connectivity index (χ2n) is 9.37. The highest BCUT2D eigenvalue weighted by Gasteiger charge is 2.59. The lowest BCUT2D eigenvalue weighted by molar-refractivity contribution is -0.131. The van der Waals surface area contributed by atoms with Crippen molar-refractivity contribution in [1.29, 1.82) is 0 Å². The van der Waals surface area contributed by atoms with Crippen LogP contribution in [0.4, 0.5) is 0 Å². The molecule has 0 aromatic rings. The Balaban J connectivity index is 1.92. The number of carbonyl (C=O) groups excluding carboxylic acids is 2. The third-order valence-electron chi connectivity index (χ3n) is 7.97. The molecule has 7 atom stereocenters. The lowest BCUT2D eigenvalue weighted by Crippen LogP contribution is -2.49. The summed E-state index contributed by atoms with van der Waals surface area (Å²) in [4.78, 5) is 24.5. The lowest BCUT2D eigenvalue weighted by atomic mass is 9.54. The van der Waals surface area contributed by atoms with E-state index in [0.717, 1.165) is 24.8 Å². The highest BCUT2D eigenvalue weighted by Crippen LogP contribution is 2.62. The molecule has 2 fully saturated rings. The third kappa shape index (κ3) is 2.83. The van der Waals surface area contributed by atoms with Crippen LogP contribution in [0.2, 0.25) is 0 Å². The average molecular weight is 359 g/mol. The van der Waals surface area contributed by atoms with Crippen molar-refractivity contribution in [3.05, 3.63) is 23.8 Å². The van der Waals surface area contributed by atoms with Gasteiger partial charge in [0.1, 0.15) is 5.78 Å². The van der Waals surface area contributed by atoms with Gasteiger partial charge < -0.3 is 5.11 Å². The van der Waals surface area contributed by atoms with Crippen LogP contribution in [-0.2, 0) is 9.59 Å². The normalized spacial score (nSPS) is 45.4. The van der Waals surface area contributed by atoms with Gasteiger partial charge in [0, 0.05) is 17.8 Å². The topological polar surface area (TPSA) is 54.4 Å². The molecule has 7 unspecified atom stereocenters. The maximum atomic E-state index is 12.6. The van der Waals surface area contributed by atoms with E-state index in [4.69, 9.17) is 0 Å². The first kappa shape index (κ1) is 19.5. The Labute approximate surface area is 157 Å². The number of hydrogen-bond acceptors (Lipinski definition) is 3. The molecule has 3 aliphatic rings. The molecule has 0 radical (unpaired) electrons. The largest absolute Gasteiger partial charge is 0.393 e. The Morgan fingerprint density at radius 2 is 1.96 bits per heavy atom. The Bertz CT molecular complexity index is 660. The summed E-state index contributed by atoms with van der Waals surface area (Å²) >= 11 is 0. The molecule has 1 N–H and O–H groups in total. The van der Waals surface area contributed by atoms with Gasteiger partial charge in [0.25, 0.3) is 0 Å². The van der Waals surface area contributed by atoms with E-state index in [9.17, 15) is 14.7 Å². The molecular formula is C23H34O3. The van der Waals surface area contributed by atoms with Crippen LogP contribution < -0.4 is 0 Å². The highest BCUT2D eigenvalue weighted by atomic mass is 16.3. The summed E-state index contributed by atoms with van der Waals surface area (Å²) < 4.78 is 0. The van der Waals surface area contributed by atoms with E-state index in [1.165, 1.54) is 0 Å². The zero-order chi connectivity index (χ0) is 19.3. The Hall–Kier alpha value is -1.22. The van der Waals surface area contributed by atoms with E-state index >= 15 is 0 Å². The van der Waals surface area contributed by atoms with Crippen LogP contribution in [0, 0.1) is 34.5 Å². The second kappa shape index (κ2) is 6.74. The number of ketones is 2. The minimum atomic E-state index is -0.438. The van der Waals surface area contributed by atoms with Gasteiger partial charge in [-0.2, -0.15) is 0 Å². The SMILES string of the molecule is CCC(=O)C1C(C)CC2CC(C3(C)C=CC(=O)C=C3CC)C(O)CC21C. The zero-order valence-corrected chi connectivity index (χ0v) is 16.9. The first-order valence-electron chi connectivity index (χ1n) is 10.3. The number of fused-ring (bicyclic) bond motifs is 1. The van der Waals surface area contributed by atoms with Gasteiger partial charge in [-0.15, -0.1) is 0 Å². The molecule has 0 saturated heterocycles. The molecule has 0 bridgehead atoms. The Morgan fingerprint density at radius 3 is 2.58 bits per heavy atom. The molecule has 3 heteroatoms.